The second kappa shape index (κ2) is 12.1. The lowest BCUT2D eigenvalue weighted by Gasteiger charge is -2.25. The van der Waals surface area contributed by atoms with Crippen molar-refractivity contribution in [2.45, 2.75) is 12.3 Å². The minimum atomic E-state index is 0.294. The topological polar surface area (TPSA) is 7.65 Å². The van der Waals surface area contributed by atoms with E-state index in [1.54, 1.807) is 0 Å². The third-order valence-corrected chi connectivity index (χ3v) is 12.2. The van der Waals surface area contributed by atoms with E-state index >= 15 is 0 Å². The van der Waals surface area contributed by atoms with E-state index in [-0.39, 0.29) is 0 Å². The summed E-state index contributed by atoms with van der Waals surface area (Å²) in [6.07, 6.45) is 0.949. The van der Waals surface area contributed by atoms with Gasteiger partial charge in [-0.25, -0.2) is 0 Å². The number of benzene rings is 8. The predicted octanol–water partition coefficient (Wildman–Crippen LogP) is 14.0. The van der Waals surface area contributed by atoms with Gasteiger partial charge in [0.25, 0.3) is 0 Å². The van der Waals surface area contributed by atoms with Gasteiger partial charge in [0.2, 0.25) is 0 Å². The first-order valence-corrected chi connectivity index (χ1v) is 19.2. The van der Waals surface area contributed by atoms with Gasteiger partial charge in [-0.05, 0) is 94.5 Å². The Morgan fingerprint density at radius 1 is 0.472 bits per heavy atom. The molecule has 0 atom stereocenters. The van der Waals surface area contributed by atoms with Crippen LogP contribution in [0.3, 0.4) is 0 Å². The maximum Gasteiger partial charge on any atom is 0.109 e. The molecule has 0 aliphatic rings. The zero-order valence-corrected chi connectivity index (χ0v) is 29.8. The fourth-order valence-corrected chi connectivity index (χ4v) is 9.93. The predicted molar refractivity (Wildman–Crippen MR) is 227 cm³/mol. The van der Waals surface area contributed by atoms with Crippen molar-refractivity contribution in [3.63, 3.8) is 0 Å². The van der Waals surface area contributed by atoms with Gasteiger partial charge in [0.1, 0.15) is 4.83 Å². The lowest BCUT2D eigenvalue weighted by Crippen LogP contribution is -2.09. The van der Waals surface area contributed by atoms with Gasteiger partial charge in [0, 0.05) is 54.6 Å². The Morgan fingerprint density at radius 2 is 1.11 bits per heavy atom. The maximum atomic E-state index is 2.54. The zero-order chi connectivity index (χ0) is 34.9. The molecule has 3 heterocycles. The van der Waals surface area contributed by atoms with Crippen molar-refractivity contribution in [3.8, 4) is 0 Å². The summed E-state index contributed by atoms with van der Waals surface area (Å²) in [5.41, 5.74) is 10.1. The van der Waals surface area contributed by atoms with E-state index in [2.05, 4.69) is 197 Å². The van der Waals surface area contributed by atoms with Crippen molar-refractivity contribution in [3.05, 3.63) is 205 Å². The molecule has 0 aliphatic carbocycles. The SMILES string of the molecule is c1ccc(C(Cc2ccc3c(c2)c2cccc4c5c6cc7cc(N(c8ccccc8)c8ccccc8)ccc7cc6sc5n3c24)c2ccccc2)cc1. The Hall–Kier alpha value is -6.42. The molecule has 0 radical (unpaired) electrons. The molecule has 0 saturated carbocycles. The Balaban J connectivity index is 1.06. The van der Waals surface area contributed by atoms with Crippen LogP contribution in [0.5, 0.6) is 0 Å². The van der Waals surface area contributed by atoms with Gasteiger partial charge in [0.05, 0.1) is 11.0 Å². The number of fused-ring (bicyclic) bond motifs is 9. The Kier molecular flexibility index (Phi) is 6.89. The first-order chi connectivity index (χ1) is 26.3. The third-order valence-electron chi connectivity index (χ3n) is 11.1. The van der Waals surface area contributed by atoms with E-state index in [9.17, 15) is 0 Å². The highest BCUT2D eigenvalue weighted by molar-refractivity contribution is 7.25. The van der Waals surface area contributed by atoms with Crippen molar-refractivity contribution < 1.29 is 0 Å². The Morgan fingerprint density at radius 3 is 1.79 bits per heavy atom. The molecule has 0 fully saturated rings. The van der Waals surface area contributed by atoms with E-state index in [4.69, 9.17) is 0 Å². The van der Waals surface area contributed by atoms with Crippen LogP contribution >= 0.6 is 11.3 Å². The molecule has 53 heavy (non-hydrogen) atoms. The molecule has 0 aliphatic heterocycles. The highest BCUT2D eigenvalue weighted by Crippen LogP contribution is 2.47. The molecule has 8 aromatic carbocycles. The summed E-state index contributed by atoms with van der Waals surface area (Å²) in [6, 6.07) is 69.0. The second-order valence-electron chi connectivity index (χ2n) is 14.1. The molecule has 0 spiro atoms. The van der Waals surface area contributed by atoms with E-state index < -0.39 is 0 Å². The largest absolute Gasteiger partial charge is 0.310 e. The molecule has 0 unspecified atom stereocenters. The molecule has 0 N–H and O–H groups in total. The summed E-state index contributed by atoms with van der Waals surface area (Å²) in [5, 5.41) is 9.19. The molecular formula is C50H34N2S. The highest BCUT2D eigenvalue weighted by Gasteiger charge is 2.23. The quantitative estimate of drug-likeness (QED) is 0.161. The highest BCUT2D eigenvalue weighted by atomic mass is 32.1. The van der Waals surface area contributed by atoms with Crippen LogP contribution in [0, 0.1) is 0 Å². The lowest BCUT2D eigenvalue weighted by molar-refractivity contribution is 0.806. The first kappa shape index (κ1) is 30.2. The average molecular weight is 695 g/mol. The van der Waals surface area contributed by atoms with Crippen molar-refractivity contribution in [1.82, 2.24) is 4.40 Å². The molecule has 250 valence electrons. The van der Waals surface area contributed by atoms with Gasteiger partial charge in [-0.3, -0.25) is 4.40 Å². The molecule has 0 saturated heterocycles. The van der Waals surface area contributed by atoms with E-state index in [0.717, 1.165) is 23.5 Å². The summed E-state index contributed by atoms with van der Waals surface area (Å²) in [6.45, 7) is 0. The summed E-state index contributed by atoms with van der Waals surface area (Å²) in [4.78, 5) is 3.67. The molecule has 3 aromatic heterocycles. The van der Waals surface area contributed by atoms with E-state index in [1.165, 1.54) is 75.0 Å². The third kappa shape index (κ3) is 4.85. The monoisotopic (exact) mass is 694 g/mol. The fourth-order valence-electron chi connectivity index (χ4n) is 8.66. The number of thiophene rings is 1. The second-order valence-corrected chi connectivity index (χ2v) is 15.2. The number of hydrogen-bond acceptors (Lipinski definition) is 2. The average Bonchev–Trinajstić information content (AvgIpc) is 3.86. The van der Waals surface area contributed by atoms with Crippen LogP contribution in [0.25, 0.3) is 58.3 Å². The zero-order valence-electron chi connectivity index (χ0n) is 29.0. The molecule has 3 heteroatoms. The van der Waals surface area contributed by atoms with Crippen molar-refractivity contribution in [1.29, 1.82) is 0 Å². The smallest absolute Gasteiger partial charge is 0.109 e. The van der Waals surface area contributed by atoms with Crippen LogP contribution in [-0.2, 0) is 6.42 Å². The van der Waals surface area contributed by atoms with Crippen LogP contribution in [0.1, 0.15) is 22.6 Å². The van der Waals surface area contributed by atoms with Crippen LogP contribution in [0.2, 0.25) is 0 Å². The molecule has 11 aromatic rings. The summed E-state index contributed by atoms with van der Waals surface area (Å²) < 4.78 is 3.87. The molecule has 0 amide bonds. The van der Waals surface area contributed by atoms with Crippen LogP contribution in [0.15, 0.2) is 188 Å². The van der Waals surface area contributed by atoms with Crippen molar-refractivity contribution in [2.24, 2.45) is 0 Å². The standard InChI is InChI=1S/C50H34N2S/c1-5-14-34(15-6-1)43(35-16-7-2-8-17-35)28-33-24-27-46-44(29-33)41-22-13-23-42-48-45-31-37-30-40(26-25-36(37)32-47(45)53-50(48)52(46)49(41)42)51(38-18-9-3-10-19-38)39-20-11-4-12-21-39/h1-27,29-32,43H,28H2. The first-order valence-electron chi connectivity index (χ1n) is 18.4. The minimum absolute atomic E-state index is 0.294. The summed E-state index contributed by atoms with van der Waals surface area (Å²) in [5.74, 6) is 0.294. The normalized spacial score (nSPS) is 12.0. The Bertz CT molecular complexity index is 2990. The van der Waals surface area contributed by atoms with Gasteiger partial charge in [-0.2, -0.15) is 0 Å². The maximum absolute atomic E-state index is 2.54. The minimum Gasteiger partial charge on any atom is -0.310 e. The van der Waals surface area contributed by atoms with Gasteiger partial charge >= 0.3 is 0 Å². The number of rotatable bonds is 7. The lowest BCUT2D eigenvalue weighted by atomic mass is 9.86. The van der Waals surface area contributed by atoms with Crippen molar-refractivity contribution >= 4 is 86.7 Å². The van der Waals surface area contributed by atoms with E-state index in [1.807, 2.05) is 11.3 Å². The number of nitrogens with zero attached hydrogens (tertiary/aromatic N) is 2. The van der Waals surface area contributed by atoms with Gasteiger partial charge < -0.3 is 4.90 Å². The van der Waals surface area contributed by atoms with Gasteiger partial charge in [0.15, 0.2) is 0 Å². The summed E-state index contributed by atoms with van der Waals surface area (Å²) in [7, 11) is 0. The molecule has 0 bridgehead atoms. The van der Waals surface area contributed by atoms with Crippen LogP contribution in [-0.4, -0.2) is 4.40 Å². The van der Waals surface area contributed by atoms with Gasteiger partial charge in [-0.15, -0.1) is 11.3 Å². The van der Waals surface area contributed by atoms with Crippen LogP contribution in [0.4, 0.5) is 17.1 Å². The van der Waals surface area contributed by atoms with Gasteiger partial charge in [-0.1, -0.05) is 127 Å². The summed E-state index contributed by atoms with van der Waals surface area (Å²) >= 11 is 1.92. The number of para-hydroxylation sites is 3. The molecular weight excluding hydrogens is 661 g/mol. The van der Waals surface area contributed by atoms with Crippen molar-refractivity contribution in [2.75, 3.05) is 4.90 Å². The van der Waals surface area contributed by atoms with E-state index in [0.29, 0.717) is 5.92 Å². The Labute approximate surface area is 311 Å². The van der Waals surface area contributed by atoms with Crippen LogP contribution < -0.4 is 4.90 Å². The number of anilines is 3. The molecule has 2 nitrogen and oxygen atoms in total. The number of aromatic nitrogens is 1. The fraction of sp³-hybridized carbons (Fsp3) is 0.0400. The molecule has 11 rings (SSSR count). The number of hydrogen-bond donors (Lipinski definition) is 0.